The number of hydrogen-bond donors (Lipinski definition) is 3. The predicted molar refractivity (Wildman–Crippen MR) is 112 cm³/mol. The minimum absolute atomic E-state index is 0.168. The topological polar surface area (TPSA) is 99.3 Å². The predicted octanol–water partition coefficient (Wildman–Crippen LogP) is 2.36. The largest absolute Gasteiger partial charge is 0.497 e. The summed E-state index contributed by atoms with van der Waals surface area (Å²) in [6, 6.07) is 8.26. The highest BCUT2D eigenvalue weighted by Gasteiger charge is 2.17. The van der Waals surface area contributed by atoms with Gasteiger partial charge in [0.05, 0.1) is 35.5 Å². The van der Waals surface area contributed by atoms with Crippen LogP contribution in [-0.2, 0) is 0 Å². The molecule has 10 heteroatoms. The van der Waals surface area contributed by atoms with E-state index in [4.69, 9.17) is 35.9 Å². The van der Waals surface area contributed by atoms with Crippen LogP contribution in [0.3, 0.4) is 0 Å². The number of amides is 1. The number of carbonyl (C=O) groups excluding carboxylic acids is 1. The molecule has 0 aliphatic rings. The van der Waals surface area contributed by atoms with Gasteiger partial charge in [0, 0.05) is 29.4 Å². The van der Waals surface area contributed by atoms with Gasteiger partial charge in [-0.2, -0.15) is 0 Å². The van der Waals surface area contributed by atoms with Gasteiger partial charge >= 0.3 is 0 Å². The van der Waals surface area contributed by atoms with Crippen LogP contribution in [-0.4, -0.2) is 46.6 Å². The molecule has 0 saturated heterocycles. The molecule has 0 spiro atoms. The first-order chi connectivity index (χ1) is 13.9. The average Bonchev–Trinajstić information content (AvgIpc) is 2.75. The summed E-state index contributed by atoms with van der Waals surface area (Å²) in [5.74, 6) is 1.86. The van der Waals surface area contributed by atoms with Crippen LogP contribution in [0.4, 0.5) is 5.69 Å². The van der Waals surface area contributed by atoms with E-state index in [9.17, 15) is 4.79 Å². The molecule has 1 amide bonds. The molecular weight excluding hydrogens is 398 g/mol. The van der Waals surface area contributed by atoms with E-state index in [1.807, 2.05) is 0 Å². The van der Waals surface area contributed by atoms with Gasteiger partial charge in [-0.15, -0.1) is 0 Å². The number of rotatable bonds is 7. The number of thiocarbonyl (C=S) groups is 1. The monoisotopic (exact) mass is 421 g/mol. The smallest absolute Gasteiger partial charge is 0.269 e. The standard InChI is InChI=1S/C19H23N3O6S/c1-24-13-8-12(9-14(10-13)25-2)20-19(29)22-21-18(23)11-6-15(26-3)17(28-5)16(7-11)27-4/h6-10H,1-5H3,(H,21,23)(H2,20,22,29). The van der Waals surface area contributed by atoms with Crippen molar-refractivity contribution in [2.75, 3.05) is 40.9 Å². The van der Waals surface area contributed by atoms with Crippen molar-refractivity contribution >= 4 is 28.9 Å². The van der Waals surface area contributed by atoms with Crippen LogP contribution >= 0.6 is 12.2 Å². The Morgan fingerprint density at radius 3 is 1.76 bits per heavy atom. The van der Waals surface area contributed by atoms with Crippen LogP contribution in [0.2, 0.25) is 0 Å². The van der Waals surface area contributed by atoms with Crippen LogP contribution < -0.4 is 39.9 Å². The lowest BCUT2D eigenvalue weighted by molar-refractivity contribution is 0.0943. The number of hydrogen-bond acceptors (Lipinski definition) is 7. The fourth-order valence-electron chi connectivity index (χ4n) is 2.44. The normalized spacial score (nSPS) is 9.83. The first-order valence-electron chi connectivity index (χ1n) is 8.36. The third-order valence-corrected chi connectivity index (χ3v) is 4.03. The molecule has 0 bridgehead atoms. The molecule has 0 heterocycles. The van der Waals surface area contributed by atoms with Crippen LogP contribution in [0, 0.1) is 0 Å². The van der Waals surface area contributed by atoms with Crippen molar-refractivity contribution in [3.05, 3.63) is 35.9 Å². The van der Waals surface area contributed by atoms with E-state index in [2.05, 4.69) is 16.2 Å². The summed E-state index contributed by atoms with van der Waals surface area (Å²) in [6.45, 7) is 0. The molecule has 0 atom stereocenters. The summed E-state index contributed by atoms with van der Waals surface area (Å²) in [4.78, 5) is 12.5. The second kappa shape index (κ2) is 10.2. The Hall–Kier alpha value is -3.40. The number of ether oxygens (including phenoxy) is 5. The Morgan fingerprint density at radius 1 is 0.759 bits per heavy atom. The van der Waals surface area contributed by atoms with E-state index in [-0.39, 0.29) is 10.7 Å². The molecule has 2 aromatic carbocycles. The second-order valence-corrected chi connectivity index (χ2v) is 5.96. The average molecular weight is 421 g/mol. The van der Waals surface area contributed by atoms with E-state index in [0.29, 0.717) is 34.4 Å². The first kappa shape index (κ1) is 21.9. The van der Waals surface area contributed by atoms with Gasteiger partial charge in [0.15, 0.2) is 16.6 Å². The second-order valence-electron chi connectivity index (χ2n) is 5.55. The van der Waals surface area contributed by atoms with E-state index < -0.39 is 5.91 Å². The lowest BCUT2D eigenvalue weighted by Gasteiger charge is -2.15. The Labute approximate surface area is 174 Å². The number of benzene rings is 2. The molecule has 29 heavy (non-hydrogen) atoms. The SMILES string of the molecule is COc1cc(NC(=S)NNC(=O)c2cc(OC)c(OC)c(OC)c2)cc(OC)c1. The van der Waals surface area contributed by atoms with Gasteiger partial charge in [-0.3, -0.25) is 15.6 Å². The van der Waals surface area contributed by atoms with Crippen molar-refractivity contribution in [3.8, 4) is 28.7 Å². The lowest BCUT2D eigenvalue weighted by atomic mass is 10.1. The number of nitrogens with one attached hydrogen (secondary N) is 3. The molecule has 3 N–H and O–H groups in total. The van der Waals surface area contributed by atoms with Crippen LogP contribution in [0.1, 0.15) is 10.4 Å². The molecule has 0 aromatic heterocycles. The van der Waals surface area contributed by atoms with Crippen LogP contribution in [0.25, 0.3) is 0 Å². The van der Waals surface area contributed by atoms with E-state index >= 15 is 0 Å². The fourth-order valence-corrected chi connectivity index (χ4v) is 2.61. The molecule has 156 valence electrons. The maximum atomic E-state index is 12.5. The van der Waals surface area contributed by atoms with Crippen molar-refractivity contribution < 1.29 is 28.5 Å². The number of carbonyl (C=O) groups is 1. The number of anilines is 1. The summed E-state index contributed by atoms with van der Waals surface area (Å²) in [5.41, 5.74) is 6.06. The number of methoxy groups -OCH3 is 5. The van der Waals surface area contributed by atoms with Crippen molar-refractivity contribution in [1.82, 2.24) is 10.9 Å². The maximum Gasteiger partial charge on any atom is 0.269 e. The third kappa shape index (κ3) is 5.55. The van der Waals surface area contributed by atoms with Gasteiger partial charge in [-0.05, 0) is 24.4 Å². The van der Waals surface area contributed by atoms with E-state index in [0.717, 1.165) is 0 Å². The first-order valence-corrected chi connectivity index (χ1v) is 8.77. The summed E-state index contributed by atoms with van der Waals surface area (Å²) in [7, 11) is 7.52. The summed E-state index contributed by atoms with van der Waals surface area (Å²) in [5, 5.41) is 3.11. The molecule has 0 saturated carbocycles. The highest BCUT2D eigenvalue weighted by Crippen LogP contribution is 2.38. The highest BCUT2D eigenvalue weighted by atomic mass is 32.1. The third-order valence-electron chi connectivity index (χ3n) is 3.83. The van der Waals surface area contributed by atoms with Gasteiger partial charge in [-0.1, -0.05) is 0 Å². The minimum Gasteiger partial charge on any atom is -0.497 e. The zero-order valence-corrected chi connectivity index (χ0v) is 17.6. The molecule has 0 aliphatic heterocycles. The fraction of sp³-hybridized carbons (Fsp3) is 0.263. The minimum atomic E-state index is -0.448. The summed E-state index contributed by atoms with van der Waals surface area (Å²) >= 11 is 5.21. The Morgan fingerprint density at radius 2 is 1.31 bits per heavy atom. The summed E-state index contributed by atoms with van der Waals surface area (Å²) in [6.07, 6.45) is 0. The van der Waals surface area contributed by atoms with Crippen molar-refractivity contribution in [2.45, 2.75) is 0 Å². The zero-order chi connectivity index (χ0) is 21.4. The quantitative estimate of drug-likeness (QED) is 0.460. The number of hydrazine groups is 1. The van der Waals surface area contributed by atoms with Crippen molar-refractivity contribution in [3.63, 3.8) is 0 Å². The molecule has 0 radical (unpaired) electrons. The van der Waals surface area contributed by atoms with Gasteiger partial charge in [0.25, 0.3) is 5.91 Å². The van der Waals surface area contributed by atoms with Gasteiger partial charge in [-0.25, -0.2) is 0 Å². The zero-order valence-electron chi connectivity index (χ0n) is 16.7. The molecule has 9 nitrogen and oxygen atoms in total. The summed E-state index contributed by atoms with van der Waals surface area (Å²) < 4.78 is 26.2. The van der Waals surface area contributed by atoms with Crippen molar-refractivity contribution in [2.24, 2.45) is 0 Å². The molecule has 0 fully saturated rings. The van der Waals surface area contributed by atoms with E-state index in [1.54, 1.807) is 32.4 Å². The Kier molecular flexibility index (Phi) is 7.72. The van der Waals surface area contributed by atoms with Gasteiger partial charge in [0.1, 0.15) is 11.5 Å². The van der Waals surface area contributed by atoms with Gasteiger partial charge in [0.2, 0.25) is 5.75 Å². The molecule has 2 rings (SSSR count). The van der Waals surface area contributed by atoms with Crippen LogP contribution in [0.15, 0.2) is 30.3 Å². The van der Waals surface area contributed by atoms with Crippen molar-refractivity contribution in [1.29, 1.82) is 0 Å². The van der Waals surface area contributed by atoms with E-state index in [1.165, 1.54) is 33.5 Å². The highest BCUT2D eigenvalue weighted by molar-refractivity contribution is 7.80. The molecule has 0 unspecified atom stereocenters. The van der Waals surface area contributed by atoms with Gasteiger partial charge < -0.3 is 29.0 Å². The molecule has 2 aromatic rings. The molecular formula is C19H23N3O6S. The van der Waals surface area contributed by atoms with Crippen LogP contribution in [0.5, 0.6) is 28.7 Å². The Bertz CT molecular complexity index is 843. The molecule has 0 aliphatic carbocycles. The maximum absolute atomic E-state index is 12.5. The Balaban J connectivity index is 2.06. The lowest BCUT2D eigenvalue weighted by Crippen LogP contribution is -2.43.